The van der Waals surface area contributed by atoms with Crippen molar-refractivity contribution >= 4 is 17.7 Å². The van der Waals surface area contributed by atoms with Gasteiger partial charge in [0, 0.05) is 11.1 Å². The van der Waals surface area contributed by atoms with E-state index in [2.05, 4.69) is 16.2 Å². The van der Waals surface area contributed by atoms with Gasteiger partial charge in [-0.05, 0) is 36.4 Å². The summed E-state index contributed by atoms with van der Waals surface area (Å²) in [5.74, 6) is 0.0431. The molecule has 0 unspecified atom stereocenters. The Morgan fingerprint density at radius 2 is 1.13 bits per heavy atom. The summed E-state index contributed by atoms with van der Waals surface area (Å²) in [6.45, 7) is -0.348. The number of hydrogen-bond acceptors (Lipinski definition) is 7. The molecule has 160 valence electrons. The van der Waals surface area contributed by atoms with Crippen molar-refractivity contribution < 1.29 is 33.3 Å². The number of carbonyl (C=O) groups excluding carboxylic acids is 3. The summed E-state index contributed by atoms with van der Waals surface area (Å²) in [7, 11) is 5.86. The molecule has 0 heterocycles. The molecule has 0 saturated heterocycles. The maximum atomic E-state index is 12.2. The molecule has 10 nitrogen and oxygen atoms in total. The highest BCUT2D eigenvalue weighted by molar-refractivity contribution is 5.98. The molecule has 2 aromatic rings. The van der Waals surface area contributed by atoms with Gasteiger partial charge in [0.25, 0.3) is 17.7 Å². The minimum atomic E-state index is -0.613. The molecule has 0 spiro atoms. The lowest BCUT2D eigenvalue weighted by atomic mass is 10.2. The van der Waals surface area contributed by atoms with Crippen LogP contribution >= 0.6 is 0 Å². The van der Waals surface area contributed by atoms with E-state index in [0.29, 0.717) is 23.0 Å². The number of rotatable bonds is 8. The van der Waals surface area contributed by atoms with Crippen LogP contribution in [0.4, 0.5) is 0 Å². The van der Waals surface area contributed by atoms with Gasteiger partial charge in [-0.2, -0.15) is 0 Å². The van der Waals surface area contributed by atoms with Gasteiger partial charge in [-0.3, -0.25) is 25.2 Å². The van der Waals surface area contributed by atoms with Crippen LogP contribution in [-0.4, -0.2) is 52.7 Å². The molecule has 0 aromatic heterocycles. The lowest BCUT2D eigenvalue weighted by molar-refractivity contribution is -0.120. The molecule has 3 amide bonds. The molecule has 3 N–H and O–H groups in total. The van der Waals surface area contributed by atoms with E-state index >= 15 is 0 Å². The molecule has 0 aliphatic heterocycles. The van der Waals surface area contributed by atoms with Crippen molar-refractivity contribution in [2.24, 2.45) is 0 Å². The van der Waals surface area contributed by atoms with Gasteiger partial charge in [0.1, 0.15) is 0 Å². The van der Waals surface area contributed by atoms with Gasteiger partial charge in [-0.25, -0.2) is 0 Å². The maximum absolute atomic E-state index is 12.2. The number of hydrogen-bond donors (Lipinski definition) is 3. The number of methoxy groups -OCH3 is 4. The van der Waals surface area contributed by atoms with Crippen molar-refractivity contribution in [2.75, 3.05) is 35.0 Å². The SMILES string of the molecule is COc1ccc(C(=O)NCC(=O)NNC(=O)c2ccc(OC)c(OC)c2)cc1OC. The van der Waals surface area contributed by atoms with Crippen LogP contribution < -0.4 is 35.1 Å². The molecule has 2 aromatic carbocycles. The van der Waals surface area contributed by atoms with E-state index in [0.717, 1.165) is 0 Å². The third-order valence-electron chi connectivity index (χ3n) is 4.02. The van der Waals surface area contributed by atoms with Crippen LogP contribution in [0.2, 0.25) is 0 Å². The van der Waals surface area contributed by atoms with E-state index in [-0.39, 0.29) is 17.7 Å². The molecule has 0 aliphatic carbocycles. The standard InChI is InChI=1S/C20H23N3O7/c1-27-14-7-5-12(9-16(14)29-3)19(25)21-11-18(24)22-23-20(26)13-6-8-15(28-2)17(10-13)30-4/h5-10H,11H2,1-4H3,(H,21,25)(H,22,24)(H,23,26). The summed E-state index contributed by atoms with van der Waals surface area (Å²) in [6.07, 6.45) is 0. The third-order valence-corrected chi connectivity index (χ3v) is 4.02. The van der Waals surface area contributed by atoms with Crippen LogP contribution in [0.3, 0.4) is 0 Å². The van der Waals surface area contributed by atoms with Gasteiger partial charge in [0.05, 0.1) is 35.0 Å². The Morgan fingerprint density at radius 3 is 1.60 bits per heavy atom. The highest BCUT2D eigenvalue weighted by Crippen LogP contribution is 2.28. The fourth-order valence-corrected chi connectivity index (χ4v) is 2.46. The number of amides is 3. The quantitative estimate of drug-likeness (QED) is 0.546. The predicted octanol–water partition coefficient (Wildman–Crippen LogP) is 0.912. The molecular formula is C20H23N3O7. The third kappa shape index (κ3) is 5.53. The van der Waals surface area contributed by atoms with Gasteiger partial charge >= 0.3 is 0 Å². The summed E-state index contributed by atoms with van der Waals surface area (Å²) < 4.78 is 20.5. The monoisotopic (exact) mass is 417 g/mol. The Kier molecular flexibility index (Phi) is 7.86. The molecule has 10 heteroatoms. The largest absolute Gasteiger partial charge is 0.493 e. The highest BCUT2D eigenvalue weighted by Gasteiger charge is 2.14. The van der Waals surface area contributed by atoms with Crippen molar-refractivity contribution in [3.05, 3.63) is 47.5 Å². The zero-order chi connectivity index (χ0) is 22.1. The predicted molar refractivity (Wildman–Crippen MR) is 107 cm³/mol. The van der Waals surface area contributed by atoms with Crippen molar-refractivity contribution in [3.63, 3.8) is 0 Å². The molecular weight excluding hydrogens is 394 g/mol. The van der Waals surface area contributed by atoms with E-state index < -0.39 is 17.7 Å². The molecule has 0 atom stereocenters. The van der Waals surface area contributed by atoms with Crippen LogP contribution in [-0.2, 0) is 4.79 Å². The first-order chi connectivity index (χ1) is 14.4. The first-order valence-corrected chi connectivity index (χ1v) is 8.75. The Morgan fingerprint density at radius 1 is 0.667 bits per heavy atom. The summed E-state index contributed by atoms with van der Waals surface area (Å²) in [5.41, 5.74) is 5.03. The molecule has 0 bridgehead atoms. The first kappa shape index (κ1) is 22.3. The summed E-state index contributed by atoms with van der Waals surface area (Å²) >= 11 is 0. The topological polar surface area (TPSA) is 124 Å². The summed E-state index contributed by atoms with van der Waals surface area (Å²) in [6, 6.07) is 9.16. The van der Waals surface area contributed by atoms with Crippen LogP contribution in [0.5, 0.6) is 23.0 Å². The second-order valence-corrected chi connectivity index (χ2v) is 5.82. The molecule has 0 saturated carbocycles. The number of nitrogens with one attached hydrogen (secondary N) is 3. The molecule has 0 radical (unpaired) electrons. The van der Waals surface area contributed by atoms with E-state index in [1.165, 1.54) is 52.7 Å². The lowest BCUT2D eigenvalue weighted by Gasteiger charge is -2.11. The van der Waals surface area contributed by atoms with Crippen molar-refractivity contribution in [1.29, 1.82) is 0 Å². The first-order valence-electron chi connectivity index (χ1n) is 8.75. The van der Waals surface area contributed by atoms with Crippen molar-refractivity contribution in [3.8, 4) is 23.0 Å². The van der Waals surface area contributed by atoms with Crippen molar-refractivity contribution in [1.82, 2.24) is 16.2 Å². The number of ether oxygens (including phenoxy) is 4. The minimum absolute atomic E-state index is 0.252. The van der Waals surface area contributed by atoms with Gasteiger partial charge in [0.2, 0.25) is 0 Å². The minimum Gasteiger partial charge on any atom is -0.493 e. The average Bonchev–Trinajstić information content (AvgIpc) is 2.79. The van der Waals surface area contributed by atoms with Gasteiger partial charge in [-0.15, -0.1) is 0 Å². The Balaban J connectivity index is 1.87. The van der Waals surface area contributed by atoms with Crippen molar-refractivity contribution in [2.45, 2.75) is 0 Å². The molecule has 0 aliphatic rings. The van der Waals surface area contributed by atoms with Gasteiger partial charge in [0.15, 0.2) is 23.0 Å². The normalized spacial score (nSPS) is 9.87. The maximum Gasteiger partial charge on any atom is 0.269 e. The fraction of sp³-hybridized carbons (Fsp3) is 0.250. The number of carbonyl (C=O) groups is 3. The zero-order valence-corrected chi connectivity index (χ0v) is 17.0. The Labute approximate surface area is 173 Å². The van der Waals surface area contributed by atoms with Crippen LogP contribution in [0.25, 0.3) is 0 Å². The fourth-order valence-electron chi connectivity index (χ4n) is 2.46. The summed E-state index contributed by atoms with van der Waals surface area (Å²) in [4.78, 5) is 36.3. The lowest BCUT2D eigenvalue weighted by Crippen LogP contribution is -2.46. The van der Waals surface area contributed by atoms with E-state index in [1.54, 1.807) is 12.1 Å². The number of benzene rings is 2. The van der Waals surface area contributed by atoms with E-state index in [4.69, 9.17) is 18.9 Å². The zero-order valence-electron chi connectivity index (χ0n) is 17.0. The smallest absolute Gasteiger partial charge is 0.269 e. The second-order valence-electron chi connectivity index (χ2n) is 5.82. The molecule has 0 fully saturated rings. The molecule has 2 rings (SSSR count). The average molecular weight is 417 g/mol. The van der Waals surface area contributed by atoms with Crippen LogP contribution in [0.1, 0.15) is 20.7 Å². The Bertz CT molecular complexity index is 857. The van der Waals surface area contributed by atoms with Crippen LogP contribution in [0.15, 0.2) is 36.4 Å². The molecule has 30 heavy (non-hydrogen) atoms. The van der Waals surface area contributed by atoms with Crippen LogP contribution in [0, 0.1) is 0 Å². The second kappa shape index (κ2) is 10.6. The summed E-state index contributed by atoms with van der Waals surface area (Å²) in [5, 5.41) is 2.45. The van der Waals surface area contributed by atoms with Gasteiger partial charge in [-0.1, -0.05) is 0 Å². The van der Waals surface area contributed by atoms with E-state index in [9.17, 15) is 14.4 Å². The highest BCUT2D eigenvalue weighted by atomic mass is 16.5. The Hall–Kier alpha value is -3.95. The van der Waals surface area contributed by atoms with Gasteiger partial charge < -0.3 is 24.3 Å². The number of hydrazine groups is 1. The van der Waals surface area contributed by atoms with E-state index in [1.807, 2.05) is 0 Å².